The van der Waals surface area contributed by atoms with E-state index in [2.05, 4.69) is 0 Å². The maximum atomic E-state index is 12.7. The second-order valence-corrected chi connectivity index (χ2v) is 4.66. The van der Waals surface area contributed by atoms with Crippen LogP contribution in [0.3, 0.4) is 0 Å². The molecule has 1 aromatic carbocycles. The quantitative estimate of drug-likeness (QED) is 0.809. The monoisotopic (exact) mass is 259 g/mol. The van der Waals surface area contributed by atoms with Crippen molar-refractivity contribution in [3.63, 3.8) is 0 Å². The van der Waals surface area contributed by atoms with E-state index in [0.29, 0.717) is 13.1 Å². The number of ether oxygens (including phenoxy) is 1. The van der Waals surface area contributed by atoms with Gasteiger partial charge in [0.15, 0.2) is 6.10 Å². The third-order valence-corrected chi connectivity index (χ3v) is 2.95. The lowest BCUT2D eigenvalue weighted by Crippen LogP contribution is -2.51. The lowest BCUT2D eigenvalue weighted by atomic mass is 10.1. The van der Waals surface area contributed by atoms with Crippen LogP contribution in [0.2, 0.25) is 0 Å². The highest BCUT2D eigenvalue weighted by atomic mass is 19.4. The van der Waals surface area contributed by atoms with Crippen LogP contribution in [0.5, 0.6) is 0 Å². The first-order valence-electron chi connectivity index (χ1n) is 5.93. The Bertz CT molecular complexity index is 380. The molecule has 2 rings (SSSR count). The summed E-state index contributed by atoms with van der Waals surface area (Å²) in [6, 6.07) is 9.51. The Labute approximate surface area is 104 Å². The number of rotatable bonds is 2. The molecule has 0 amide bonds. The summed E-state index contributed by atoms with van der Waals surface area (Å²) >= 11 is 0. The lowest BCUT2D eigenvalue weighted by molar-refractivity contribution is -0.252. The molecule has 1 aliphatic rings. The summed E-state index contributed by atoms with van der Waals surface area (Å²) in [6.07, 6.45) is -6.36. The number of alkyl halides is 3. The van der Waals surface area contributed by atoms with Crippen molar-refractivity contribution in [1.29, 1.82) is 0 Å². The fourth-order valence-corrected chi connectivity index (χ4v) is 2.19. The summed E-state index contributed by atoms with van der Waals surface area (Å²) in [7, 11) is 0. The minimum Gasteiger partial charge on any atom is -0.363 e. The van der Waals surface area contributed by atoms with Crippen LogP contribution in [0.1, 0.15) is 12.5 Å². The van der Waals surface area contributed by atoms with Crippen LogP contribution in [0, 0.1) is 0 Å². The van der Waals surface area contributed by atoms with Crippen molar-refractivity contribution in [3.05, 3.63) is 35.9 Å². The Balaban J connectivity index is 2.01. The highest BCUT2D eigenvalue weighted by Gasteiger charge is 2.44. The molecule has 0 saturated carbocycles. The van der Waals surface area contributed by atoms with Gasteiger partial charge in [-0.25, -0.2) is 0 Å². The predicted molar refractivity (Wildman–Crippen MR) is 62.1 cm³/mol. The molecule has 18 heavy (non-hydrogen) atoms. The van der Waals surface area contributed by atoms with Gasteiger partial charge < -0.3 is 4.74 Å². The normalized spacial score (nSPS) is 26.2. The second-order valence-electron chi connectivity index (χ2n) is 4.66. The van der Waals surface area contributed by atoms with E-state index in [1.165, 1.54) is 0 Å². The number of nitrogens with zero attached hydrogens (tertiary/aromatic N) is 1. The standard InChI is InChI=1S/C13H16F3NO/c1-10-7-17(8-11-5-3-2-4-6-11)9-12(18-10)13(14,15)16/h2-6,10,12H,7-9H2,1H3. The number of halogens is 3. The van der Waals surface area contributed by atoms with E-state index in [9.17, 15) is 13.2 Å². The van der Waals surface area contributed by atoms with Gasteiger partial charge in [-0.05, 0) is 12.5 Å². The predicted octanol–water partition coefficient (Wildman–Crippen LogP) is 2.84. The van der Waals surface area contributed by atoms with Crippen molar-refractivity contribution in [2.45, 2.75) is 31.9 Å². The minimum atomic E-state index is -4.29. The van der Waals surface area contributed by atoms with Gasteiger partial charge in [0.25, 0.3) is 0 Å². The van der Waals surface area contributed by atoms with Gasteiger partial charge >= 0.3 is 6.18 Å². The number of hydrogen-bond acceptors (Lipinski definition) is 2. The number of morpholine rings is 1. The Hall–Kier alpha value is -1.07. The average molecular weight is 259 g/mol. The first kappa shape index (κ1) is 13.4. The van der Waals surface area contributed by atoms with Crippen molar-refractivity contribution in [2.75, 3.05) is 13.1 Å². The molecule has 1 saturated heterocycles. The smallest absolute Gasteiger partial charge is 0.363 e. The fourth-order valence-electron chi connectivity index (χ4n) is 2.19. The fraction of sp³-hybridized carbons (Fsp3) is 0.538. The van der Waals surface area contributed by atoms with Crippen LogP contribution < -0.4 is 0 Å². The van der Waals surface area contributed by atoms with Crippen molar-refractivity contribution in [2.24, 2.45) is 0 Å². The van der Waals surface area contributed by atoms with E-state index in [1.807, 2.05) is 30.3 Å². The van der Waals surface area contributed by atoms with Gasteiger partial charge in [0.05, 0.1) is 6.10 Å². The zero-order valence-electron chi connectivity index (χ0n) is 10.2. The summed E-state index contributed by atoms with van der Waals surface area (Å²) in [4.78, 5) is 1.79. The topological polar surface area (TPSA) is 12.5 Å². The highest BCUT2D eigenvalue weighted by molar-refractivity contribution is 5.14. The molecule has 0 aromatic heterocycles. The molecule has 2 atom stereocenters. The van der Waals surface area contributed by atoms with Gasteiger partial charge in [0, 0.05) is 19.6 Å². The van der Waals surface area contributed by atoms with E-state index >= 15 is 0 Å². The third kappa shape index (κ3) is 3.46. The number of hydrogen-bond donors (Lipinski definition) is 0. The molecule has 0 N–H and O–H groups in total. The van der Waals surface area contributed by atoms with E-state index in [0.717, 1.165) is 5.56 Å². The molecule has 0 radical (unpaired) electrons. The molecule has 1 fully saturated rings. The Kier molecular flexibility index (Phi) is 3.92. The molecule has 5 heteroatoms. The molecule has 0 spiro atoms. The summed E-state index contributed by atoms with van der Waals surface area (Å²) in [5.41, 5.74) is 1.02. The maximum absolute atomic E-state index is 12.7. The van der Waals surface area contributed by atoms with Crippen LogP contribution in [-0.2, 0) is 11.3 Å². The van der Waals surface area contributed by atoms with Crippen LogP contribution >= 0.6 is 0 Å². The molecule has 1 aromatic rings. The summed E-state index contributed by atoms with van der Waals surface area (Å²) in [5.74, 6) is 0. The highest BCUT2D eigenvalue weighted by Crippen LogP contribution is 2.28. The van der Waals surface area contributed by atoms with Crippen molar-refractivity contribution in [3.8, 4) is 0 Å². The van der Waals surface area contributed by atoms with Gasteiger partial charge in [-0.3, -0.25) is 4.90 Å². The largest absolute Gasteiger partial charge is 0.415 e. The summed E-state index contributed by atoms with van der Waals surface area (Å²) in [6.45, 7) is 2.64. The Morgan fingerprint density at radius 3 is 2.50 bits per heavy atom. The van der Waals surface area contributed by atoms with Crippen LogP contribution in [0.15, 0.2) is 30.3 Å². The molecule has 0 bridgehead atoms. The van der Waals surface area contributed by atoms with Gasteiger partial charge in [0.1, 0.15) is 0 Å². The van der Waals surface area contributed by atoms with Gasteiger partial charge in [-0.2, -0.15) is 13.2 Å². The molecule has 2 nitrogen and oxygen atoms in total. The van der Waals surface area contributed by atoms with E-state index in [1.54, 1.807) is 11.8 Å². The van der Waals surface area contributed by atoms with E-state index < -0.39 is 18.4 Å². The van der Waals surface area contributed by atoms with Gasteiger partial charge in [0.2, 0.25) is 0 Å². The van der Waals surface area contributed by atoms with E-state index in [4.69, 9.17) is 4.74 Å². The molecule has 1 aliphatic heterocycles. The van der Waals surface area contributed by atoms with Crippen LogP contribution in [0.4, 0.5) is 13.2 Å². The summed E-state index contributed by atoms with van der Waals surface area (Å²) < 4.78 is 43.0. The molecule has 1 heterocycles. The lowest BCUT2D eigenvalue weighted by Gasteiger charge is -2.37. The first-order valence-corrected chi connectivity index (χ1v) is 5.93. The minimum absolute atomic E-state index is 0.0945. The molecule has 100 valence electrons. The van der Waals surface area contributed by atoms with Gasteiger partial charge in [-0.15, -0.1) is 0 Å². The maximum Gasteiger partial charge on any atom is 0.415 e. The second kappa shape index (κ2) is 5.28. The molecule has 2 unspecified atom stereocenters. The van der Waals surface area contributed by atoms with Crippen LogP contribution in [0.25, 0.3) is 0 Å². The SMILES string of the molecule is CC1CN(Cc2ccccc2)CC(C(F)(F)F)O1. The van der Waals surface area contributed by atoms with Gasteiger partial charge in [-0.1, -0.05) is 30.3 Å². The van der Waals surface area contributed by atoms with Crippen molar-refractivity contribution in [1.82, 2.24) is 4.90 Å². The van der Waals surface area contributed by atoms with Crippen LogP contribution in [-0.4, -0.2) is 36.4 Å². The van der Waals surface area contributed by atoms with E-state index in [-0.39, 0.29) is 6.54 Å². The zero-order chi connectivity index (χ0) is 13.2. The molecule has 0 aliphatic carbocycles. The van der Waals surface area contributed by atoms with Crippen molar-refractivity contribution < 1.29 is 17.9 Å². The molecular weight excluding hydrogens is 243 g/mol. The Morgan fingerprint density at radius 1 is 1.22 bits per heavy atom. The average Bonchev–Trinajstić information content (AvgIpc) is 2.28. The van der Waals surface area contributed by atoms with Crippen molar-refractivity contribution >= 4 is 0 Å². The zero-order valence-corrected chi connectivity index (χ0v) is 10.2. The Morgan fingerprint density at radius 2 is 1.89 bits per heavy atom. The third-order valence-electron chi connectivity index (χ3n) is 2.95. The first-order chi connectivity index (χ1) is 8.45. The summed E-state index contributed by atoms with van der Waals surface area (Å²) in [5, 5.41) is 0. The molecular formula is C13H16F3NO. The number of benzene rings is 1.